The highest BCUT2D eigenvalue weighted by molar-refractivity contribution is 9.10. The Bertz CT molecular complexity index is 555. The van der Waals surface area contributed by atoms with Crippen molar-refractivity contribution in [3.63, 3.8) is 0 Å². The van der Waals surface area contributed by atoms with Crippen molar-refractivity contribution in [2.45, 2.75) is 26.8 Å². The minimum Gasteiger partial charge on any atom is -0.439 e. The number of pyridine rings is 1. The van der Waals surface area contributed by atoms with Crippen molar-refractivity contribution in [1.82, 2.24) is 10.3 Å². The zero-order valence-electron chi connectivity index (χ0n) is 11.8. The molecule has 0 fully saturated rings. The second-order valence-electron chi connectivity index (χ2n) is 4.50. The fourth-order valence-corrected chi connectivity index (χ4v) is 2.23. The Labute approximate surface area is 128 Å². The lowest BCUT2D eigenvalue weighted by Crippen LogP contribution is -2.12. The van der Waals surface area contributed by atoms with Gasteiger partial charge in [0.05, 0.1) is 0 Å². The van der Waals surface area contributed by atoms with Crippen LogP contribution in [0.1, 0.15) is 25.0 Å². The number of halogens is 1. The number of rotatable bonds is 6. The summed E-state index contributed by atoms with van der Waals surface area (Å²) in [6.07, 6.45) is 2.79. The first-order valence-corrected chi connectivity index (χ1v) is 7.64. The Hall–Kier alpha value is -1.39. The van der Waals surface area contributed by atoms with E-state index >= 15 is 0 Å². The predicted octanol–water partition coefficient (Wildman–Crippen LogP) is 4.31. The van der Waals surface area contributed by atoms with Gasteiger partial charge < -0.3 is 10.1 Å². The maximum absolute atomic E-state index is 5.89. The molecule has 0 unspecified atom stereocenters. The zero-order valence-corrected chi connectivity index (χ0v) is 13.4. The van der Waals surface area contributed by atoms with E-state index in [9.17, 15) is 0 Å². The molecule has 1 aromatic heterocycles. The molecule has 1 heterocycles. The first kappa shape index (κ1) is 15.0. The van der Waals surface area contributed by atoms with Gasteiger partial charge in [0, 0.05) is 22.8 Å². The maximum Gasteiger partial charge on any atom is 0.223 e. The van der Waals surface area contributed by atoms with E-state index in [2.05, 4.69) is 52.2 Å². The summed E-state index contributed by atoms with van der Waals surface area (Å²) >= 11 is 3.45. The lowest BCUT2D eigenvalue weighted by Gasteiger charge is -2.11. The summed E-state index contributed by atoms with van der Waals surface area (Å²) in [6, 6.07) is 10.2. The Morgan fingerprint density at radius 1 is 1.20 bits per heavy atom. The topological polar surface area (TPSA) is 34.2 Å². The van der Waals surface area contributed by atoms with Crippen LogP contribution in [0.2, 0.25) is 0 Å². The summed E-state index contributed by atoms with van der Waals surface area (Å²) in [4.78, 5) is 4.36. The molecule has 1 N–H and O–H groups in total. The van der Waals surface area contributed by atoms with Crippen LogP contribution < -0.4 is 10.1 Å². The predicted molar refractivity (Wildman–Crippen MR) is 85.2 cm³/mol. The number of aromatic nitrogens is 1. The van der Waals surface area contributed by atoms with Gasteiger partial charge in [-0.1, -0.05) is 26.0 Å². The van der Waals surface area contributed by atoms with E-state index < -0.39 is 0 Å². The number of hydrogen-bond donors (Lipinski definition) is 1. The van der Waals surface area contributed by atoms with Gasteiger partial charge in [-0.05, 0) is 52.7 Å². The standard InChI is InChI=1S/C16H19BrN2O/c1-3-12-5-7-15(8-6-12)20-16-13(10-18-4-2)9-14(17)11-19-16/h5-9,11,18H,3-4,10H2,1-2H3. The van der Waals surface area contributed by atoms with Crippen LogP contribution in [0.25, 0.3) is 0 Å². The Balaban J connectivity index is 2.18. The van der Waals surface area contributed by atoms with Crippen LogP contribution in [0.3, 0.4) is 0 Å². The van der Waals surface area contributed by atoms with E-state index in [-0.39, 0.29) is 0 Å². The molecule has 20 heavy (non-hydrogen) atoms. The second kappa shape index (κ2) is 7.41. The molecular weight excluding hydrogens is 316 g/mol. The summed E-state index contributed by atoms with van der Waals surface area (Å²) < 4.78 is 6.85. The lowest BCUT2D eigenvalue weighted by atomic mass is 10.2. The number of aryl methyl sites for hydroxylation is 1. The second-order valence-corrected chi connectivity index (χ2v) is 5.41. The van der Waals surface area contributed by atoms with Crippen LogP contribution in [0.5, 0.6) is 11.6 Å². The summed E-state index contributed by atoms with van der Waals surface area (Å²) in [5, 5.41) is 3.30. The van der Waals surface area contributed by atoms with Crippen molar-refractivity contribution >= 4 is 15.9 Å². The molecule has 0 aliphatic heterocycles. The number of nitrogens with one attached hydrogen (secondary N) is 1. The first-order valence-electron chi connectivity index (χ1n) is 6.84. The molecule has 0 atom stereocenters. The van der Waals surface area contributed by atoms with Crippen LogP contribution in [0.15, 0.2) is 41.0 Å². The fourth-order valence-electron chi connectivity index (χ4n) is 1.85. The molecule has 0 spiro atoms. The minimum atomic E-state index is 0.651. The van der Waals surface area contributed by atoms with Crippen molar-refractivity contribution in [3.05, 3.63) is 52.1 Å². The third kappa shape index (κ3) is 4.05. The van der Waals surface area contributed by atoms with E-state index in [0.29, 0.717) is 5.88 Å². The monoisotopic (exact) mass is 334 g/mol. The van der Waals surface area contributed by atoms with Gasteiger partial charge in [-0.2, -0.15) is 0 Å². The van der Waals surface area contributed by atoms with E-state index in [1.165, 1.54) is 5.56 Å². The number of ether oxygens (including phenoxy) is 1. The van der Waals surface area contributed by atoms with Gasteiger partial charge >= 0.3 is 0 Å². The van der Waals surface area contributed by atoms with Crippen molar-refractivity contribution in [3.8, 4) is 11.6 Å². The van der Waals surface area contributed by atoms with Gasteiger partial charge in [0.15, 0.2) is 0 Å². The molecule has 106 valence electrons. The summed E-state index contributed by atoms with van der Waals surface area (Å²) in [7, 11) is 0. The smallest absolute Gasteiger partial charge is 0.223 e. The highest BCUT2D eigenvalue weighted by Gasteiger charge is 2.07. The molecule has 1 aromatic carbocycles. The lowest BCUT2D eigenvalue weighted by molar-refractivity contribution is 0.453. The summed E-state index contributed by atoms with van der Waals surface area (Å²) in [6.45, 7) is 5.87. The molecule has 2 aromatic rings. The van der Waals surface area contributed by atoms with Crippen molar-refractivity contribution in [1.29, 1.82) is 0 Å². The molecule has 0 radical (unpaired) electrons. The third-order valence-electron chi connectivity index (χ3n) is 3.00. The van der Waals surface area contributed by atoms with Crippen molar-refractivity contribution in [2.24, 2.45) is 0 Å². The van der Waals surface area contributed by atoms with Gasteiger partial charge in [0.1, 0.15) is 5.75 Å². The third-order valence-corrected chi connectivity index (χ3v) is 3.44. The minimum absolute atomic E-state index is 0.651. The highest BCUT2D eigenvalue weighted by Crippen LogP contribution is 2.25. The van der Waals surface area contributed by atoms with Crippen molar-refractivity contribution < 1.29 is 4.74 Å². The first-order chi connectivity index (χ1) is 9.72. The van der Waals surface area contributed by atoms with Gasteiger partial charge in [-0.25, -0.2) is 4.98 Å². The van der Waals surface area contributed by atoms with Crippen molar-refractivity contribution in [2.75, 3.05) is 6.54 Å². The molecule has 4 heteroatoms. The molecule has 0 saturated carbocycles. The average Bonchev–Trinajstić information content (AvgIpc) is 2.48. The highest BCUT2D eigenvalue weighted by atomic mass is 79.9. The molecule has 0 aliphatic carbocycles. The molecule has 0 amide bonds. The van der Waals surface area contributed by atoms with Crippen LogP contribution in [-0.2, 0) is 13.0 Å². The molecule has 0 saturated heterocycles. The molecule has 0 aliphatic rings. The largest absolute Gasteiger partial charge is 0.439 e. The average molecular weight is 335 g/mol. The van der Waals surface area contributed by atoms with E-state index in [0.717, 1.165) is 35.3 Å². The molecule has 0 bridgehead atoms. The number of nitrogens with zero attached hydrogens (tertiary/aromatic N) is 1. The zero-order chi connectivity index (χ0) is 14.4. The van der Waals surface area contributed by atoms with E-state index in [4.69, 9.17) is 4.74 Å². The van der Waals surface area contributed by atoms with Gasteiger partial charge in [-0.3, -0.25) is 0 Å². The summed E-state index contributed by atoms with van der Waals surface area (Å²) in [5.41, 5.74) is 2.34. The van der Waals surface area contributed by atoms with Gasteiger partial charge in [0.2, 0.25) is 5.88 Å². The molecule has 2 rings (SSSR count). The van der Waals surface area contributed by atoms with Crippen LogP contribution in [-0.4, -0.2) is 11.5 Å². The normalized spacial score (nSPS) is 10.6. The fraction of sp³-hybridized carbons (Fsp3) is 0.312. The Morgan fingerprint density at radius 3 is 2.60 bits per heavy atom. The summed E-state index contributed by atoms with van der Waals surface area (Å²) in [5.74, 6) is 1.47. The van der Waals surface area contributed by atoms with Gasteiger partial charge in [0.25, 0.3) is 0 Å². The molecule has 3 nitrogen and oxygen atoms in total. The number of hydrogen-bond acceptors (Lipinski definition) is 3. The molecular formula is C16H19BrN2O. The van der Waals surface area contributed by atoms with E-state index in [1.54, 1.807) is 6.20 Å². The van der Waals surface area contributed by atoms with Crippen LogP contribution in [0, 0.1) is 0 Å². The SMILES string of the molecule is CCNCc1cc(Br)cnc1Oc1ccc(CC)cc1. The number of benzene rings is 1. The Kier molecular flexibility index (Phi) is 5.56. The Morgan fingerprint density at radius 2 is 1.95 bits per heavy atom. The van der Waals surface area contributed by atoms with Crippen LogP contribution >= 0.6 is 15.9 Å². The van der Waals surface area contributed by atoms with Gasteiger partial charge in [-0.15, -0.1) is 0 Å². The quantitative estimate of drug-likeness (QED) is 0.854. The van der Waals surface area contributed by atoms with E-state index in [1.807, 2.05) is 18.2 Å². The maximum atomic E-state index is 5.89. The van der Waals surface area contributed by atoms with Crippen LogP contribution in [0.4, 0.5) is 0 Å².